The molecule has 0 saturated carbocycles. The van der Waals surface area contributed by atoms with Gasteiger partial charge in [-0.15, -0.1) is 0 Å². The lowest BCUT2D eigenvalue weighted by Crippen LogP contribution is -2.45. The molecule has 0 radical (unpaired) electrons. The SMILES string of the molecule is COc1ccc(C2O[C@H]3/C=C/[C@H](C)[C@@H](/C(C)=C/I)OC(=O)C[C@@H](O[Si](C)(C)C(C)(C)C)CC[C@@]3(C)O2)cc1. The second-order valence-corrected chi connectivity index (χ2v) is 17.7. The predicted octanol–water partition coefficient (Wildman–Crippen LogP) is 7.89. The molecule has 3 rings (SSSR count). The Morgan fingerprint density at radius 1 is 1.18 bits per heavy atom. The van der Waals surface area contributed by atoms with Crippen LogP contribution in [0, 0.1) is 5.92 Å². The number of ether oxygens (including phenoxy) is 4. The quantitative estimate of drug-likeness (QED) is 0.139. The summed E-state index contributed by atoms with van der Waals surface area (Å²) in [4.78, 5) is 13.2. The highest BCUT2D eigenvalue weighted by Crippen LogP contribution is 2.44. The van der Waals surface area contributed by atoms with Gasteiger partial charge < -0.3 is 23.4 Å². The number of carbonyl (C=O) groups excluding carboxylic acids is 1. The van der Waals surface area contributed by atoms with E-state index >= 15 is 0 Å². The van der Waals surface area contributed by atoms with E-state index in [9.17, 15) is 4.79 Å². The highest BCUT2D eigenvalue weighted by molar-refractivity contribution is 14.1. The van der Waals surface area contributed by atoms with E-state index in [-0.39, 0.29) is 41.7 Å². The molecule has 1 fully saturated rings. The number of methoxy groups -OCH3 is 1. The van der Waals surface area contributed by atoms with Crippen molar-refractivity contribution in [2.24, 2.45) is 5.92 Å². The Hall–Kier alpha value is -1.20. The van der Waals surface area contributed by atoms with Gasteiger partial charge in [-0.25, -0.2) is 0 Å². The van der Waals surface area contributed by atoms with Crippen molar-refractivity contribution in [1.29, 1.82) is 0 Å². The molecule has 1 unspecified atom stereocenters. The van der Waals surface area contributed by atoms with Crippen LogP contribution in [0.15, 0.2) is 46.1 Å². The number of hydrogen-bond donors (Lipinski definition) is 0. The van der Waals surface area contributed by atoms with E-state index in [1.54, 1.807) is 7.11 Å². The van der Waals surface area contributed by atoms with E-state index in [0.717, 1.165) is 16.9 Å². The molecule has 1 aromatic carbocycles. The number of rotatable bonds is 5. The molecule has 1 aromatic rings. The zero-order valence-electron chi connectivity index (χ0n) is 24.4. The zero-order valence-corrected chi connectivity index (χ0v) is 27.5. The Bertz CT molecular complexity index is 1010. The van der Waals surface area contributed by atoms with Crippen LogP contribution in [0.1, 0.15) is 72.7 Å². The van der Waals surface area contributed by atoms with E-state index in [2.05, 4.69) is 82.5 Å². The lowest BCUT2D eigenvalue weighted by atomic mass is 9.89. The Labute approximate surface area is 243 Å². The van der Waals surface area contributed by atoms with Crippen molar-refractivity contribution in [1.82, 2.24) is 0 Å². The van der Waals surface area contributed by atoms with Gasteiger partial charge in [-0.2, -0.15) is 0 Å². The molecule has 2 aliphatic heterocycles. The van der Waals surface area contributed by atoms with Crippen LogP contribution >= 0.6 is 22.6 Å². The van der Waals surface area contributed by atoms with E-state index in [1.807, 2.05) is 35.3 Å². The molecule has 0 N–H and O–H groups in total. The summed E-state index contributed by atoms with van der Waals surface area (Å²) < 4.78 is 33.3. The van der Waals surface area contributed by atoms with Gasteiger partial charge in [0.15, 0.2) is 14.6 Å². The van der Waals surface area contributed by atoms with Gasteiger partial charge in [0.1, 0.15) is 18.0 Å². The Morgan fingerprint density at radius 3 is 2.42 bits per heavy atom. The van der Waals surface area contributed by atoms with Gasteiger partial charge in [0.2, 0.25) is 0 Å². The van der Waals surface area contributed by atoms with Crippen molar-refractivity contribution in [3.63, 3.8) is 0 Å². The van der Waals surface area contributed by atoms with Crippen molar-refractivity contribution < 1.29 is 28.2 Å². The Kier molecular flexibility index (Phi) is 10.3. The molecule has 0 aromatic heterocycles. The largest absolute Gasteiger partial charge is 0.497 e. The number of esters is 1. The van der Waals surface area contributed by atoms with E-state index in [1.165, 1.54) is 0 Å². The third-order valence-corrected chi connectivity index (χ3v) is 13.7. The number of benzene rings is 1. The molecule has 2 heterocycles. The molecular weight excluding hydrogens is 611 g/mol. The van der Waals surface area contributed by atoms with Gasteiger partial charge in [-0.3, -0.25) is 4.79 Å². The molecule has 6 nitrogen and oxygen atoms in total. The average Bonchev–Trinajstić information content (AvgIpc) is 3.19. The minimum absolute atomic E-state index is 0.0276. The number of hydrogen-bond acceptors (Lipinski definition) is 6. The minimum Gasteiger partial charge on any atom is -0.497 e. The van der Waals surface area contributed by atoms with E-state index < -0.39 is 20.2 Å². The Morgan fingerprint density at radius 2 is 1.84 bits per heavy atom. The third-order valence-electron chi connectivity index (χ3n) is 8.21. The molecule has 0 amide bonds. The van der Waals surface area contributed by atoms with Crippen molar-refractivity contribution in [2.45, 2.75) is 109 Å². The summed E-state index contributed by atoms with van der Waals surface area (Å²) in [6, 6.07) is 7.80. The molecule has 1 saturated heterocycles. The maximum absolute atomic E-state index is 13.2. The van der Waals surface area contributed by atoms with Gasteiger partial charge >= 0.3 is 5.97 Å². The highest BCUT2D eigenvalue weighted by atomic mass is 127. The van der Waals surface area contributed by atoms with Crippen LogP contribution in [0.5, 0.6) is 5.75 Å². The number of halogens is 1. The number of fused-ring (bicyclic) bond motifs is 1. The second kappa shape index (κ2) is 12.5. The first-order valence-electron chi connectivity index (χ1n) is 13.5. The molecule has 8 heteroatoms. The molecule has 0 bridgehead atoms. The van der Waals surface area contributed by atoms with Crippen LogP contribution in [-0.4, -0.2) is 45.3 Å². The predicted molar refractivity (Wildman–Crippen MR) is 162 cm³/mol. The maximum Gasteiger partial charge on any atom is 0.308 e. The minimum atomic E-state index is -2.12. The second-order valence-electron chi connectivity index (χ2n) is 12.3. The van der Waals surface area contributed by atoms with Crippen LogP contribution in [0.4, 0.5) is 0 Å². The van der Waals surface area contributed by atoms with Crippen LogP contribution in [0.25, 0.3) is 0 Å². The monoisotopic (exact) mass is 656 g/mol. The molecular formula is C30H45IO6Si. The normalized spacial score (nSPS) is 32.5. The molecule has 2 aliphatic rings. The summed E-state index contributed by atoms with van der Waals surface area (Å²) in [6.07, 6.45) is 4.39. The van der Waals surface area contributed by atoms with Crippen LogP contribution in [-0.2, 0) is 23.4 Å². The van der Waals surface area contributed by atoms with Crippen molar-refractivity contribution >= 4 is 36.9 Å². The first-order chi connectivity index (χ1) is 17.7. The van der Waals surface area contributed by atoms with Gasteiger partial charge in [0, 0.05) is 11.5 Å². The number of cyclic esters (lactones) is 1. The highest BCUT2D eigenvalue weighted by Gasteiger charge is 2.47. The van der Waals surface area contributed by atoms with Crippen LogP contribution < -0.4 is 4.74 Å². The fourth-order valence-electron chi connectivity index (χ4n) is 4.65. The van der Waals surface area contributed by atoms with Gasteiger partial charge in [-0.1, -0.05) is 74.6 Å². The maximum atomic E-state index is 13.2. The summed E-state index contributed by atoms with van der Waals surface area (Å²) in [5.74, 6) is 0.536. The van der Waals surface area contributed by atoms with Crippen molar-refractivity contribution in [3.8, 4) is 5.75 Å². The van der Waals surface area contributed by atoms with Gasteiger partial charge in [-0.05, 0) is 66.6 Å². The summed E-state index contributed by atoms with van der Waals surface area (Å²) >= 11 is 2.21. The van der Waals surface area contributed by atoms with Gasteiger partial charge in [0.25, 0.3) is 0 Å². The molecule has 0 spiro atoms. The first-order valence-corrected chi connectivity index (χ1v) is 17.6. The molecule has 0 aliphatic carbocycles. The van der Waals surface area contributed by atoms with Crippen molar-refractivity contribution in [2.75, 3.05) is 7.11 Å². The first kappa shape index (κ1) is 31.3. The lowest BCUT2D eigenvalue weighted by molar-refractivity contribution is -0.151. The fraction of sp³-hybridized carbons (Fsp3) is 0.633. The smallest absolute Gasteiger partial charge is 0.308 e. The van der Waals surface area contributed by atoms with Crippen LogP contribution in [0.3, 0.4) is 0 Å². The van der Waals surface area contributed by atoms with Crippen molar-refractivity contribution in [3.05, 3.63) is 51.6 Å². The Balaban J connectivity index is 1.96. The summed E-state index contributed by atoms with van der Waals surface area (Å²) in [7, 11) is -0.468. The standard InChI is InChI=1S/C30H45IO6Si/c1-20-10-15-25-30(6,36-28(34-25)22-11-13-23(33-7)14-12-22)17-16-24(37-38(8,9)29(3,4)5)18-26(32)35-27(20)21(2)19-31/h10-15,19-20,24-25,27-28H,16-18H2,1-9H3/b15-10+,21-19+/t20-,24-,25-,27-,28?,30+/m0/s1. The lowest BCUT2D eigenvalue weighted by Gasteiger charge is -2.40. The third kappa shape index (κ3) is 7.50. The zero-order chi connectivity index (χ0) is 28.3. The molecule has 212 valence electrons. The fourth-order valence-corrected chi connectivity index (χ4v) is 6.39. The number of carbonyl (C=O) groups is 1. The molecule has 38 heavy (non-hydrogen) atoms. The van der Waals surface area contributed by atoms with Gasteiger partial charge in [0.05, 0.1) is 25.2 Å². The van der Waals surface area contributed by atoms with Crippen LogP contribution in [0.2, 0.25) is 18.1 Å². The summed E-state index contributed by atoms with van der Waals surface area (Å²) in [6.45, 7) is 17.3. The van der Waals surface area contributed by atoms with E-state index in [4.69, 9.17) is 23.4 Å². The summed E-state index contributed by atoms with van der Waals surface area (Å²) in [5.41, 5.74) is 1.37. The molecule has 6 atom stereocenters. The average molecular weight is 657 g/mol. The topological polar surface area (TPSA) is 63.2 Å². The summed E-state index contributed by atoms with van der Waals surface area (Å²) in [5, 5.41) is 0.0276. The van der Waals surface area contributed by atoms with E-state index in [0.29, 0.717) is 12.8 Å².